The van der Waals surface area contributed by atoms with Crippen molar-refractivity contribution in [1.82, 2.24) is 15.2 Å². The van der Waals surface area contributed by atoms with E-state index in [1.807, 2.05) is 0 Å². The quantitative estimate of drug-likeness (QED) is 0.668. The van der Waals surface area contributed by atoms with Crippen LogP contribution in [0.3, 0.4) is 0 Å². The van der Waals surface area contributed by atoms with E-state index in [2.05, 4.69) is 15.6 Å². The zero-order chi connectivity index (χ0) is 21.0. The number of hydrogen-bond acceptors (Lipinski definition) is 7. The van der Waals surface area contributed by atoms with Crippen molar-refractivity contribution < 1.29 is 22.4 Å². The topological polar surface area (TPSA) is 108 Å². The van der Waals surface area contributed by atoms with Crippen molar-refractivity contribution in [3.8, 4) is 11.3 Å². The predicted molar refractivity (Wildman–Crippen MR) is 109 cm³/mol. The van der Waals surface area contributed by atoms with Gasteiger partial charge in [0.15, 0.2) is 15.0 Å². The van der Waals surface area contributed by atoms with Gasteiger partial charge in [-0.1, -0.05) is 0 Å². The van der Waals surface area contributed by atoms with Crippen molar-refractivity contribution in [2.75, 3.05) is 37.0 Å². The van der Waals surface area contributed by atoms with E-state index in [0.717, 1.165) is 5.56 Å². The van der Waals surface area contributed by atoms with Crippen molar-refractivity contribution in [2.24, 2.45) is 0 Å². The van der Waals surface area contributed by atoms with Crippen molar-refractivity contribution in [3.05, 3.63) is 35.5 Å². The summed E-state index contributed by atoms with van der Waals surface area (Å²) >= 11 is 1.25. The van der Waals surface area contributed by atoms with Crippen LogP contribution >= 0.6 is 11.3 Å². The van der Waals surface area contributed by atoms with E-state index in [-0.39, 0.29) is 48.3 Å². The molecule has 1 saturated heterocycles. The molecule has 156 valence electrons. The van der Waals surface area contributed by atoms with Crippen LogP contribution in [0.1, 0.15) is 6.42 Å². The van der Waals surface area contributed by atoms with Crippen LogP contribution in [0.5, 0.6) is 0 Å². The smallest absolute Gasteiger partial charge is 0.240 e. The molecule has 1 aromatic carbocycles. The summed E-state index contributed by atoms with van der Waals surface area (Å²) in [5.74, 6) is -0.939. The van der Waals surface area contributed by atoms with Crippen LogP contribution in [0.2, 0.25) is 0 Å². The Bertz CT molecular complexity index is 992. The summed E-state index contributed by atoms with van der Waals surface area (Å²) < 4.78 is 35.9. The summed E-state index contributed by atoms with van der Waals surface area (Å²) in [6.45, 7) is -0.0511. The molecule has 1 aromatic heterocycles. The number of amides is 2. The normalized spacial score (nSPS) is 18.0. The van der Waals surface area contributed by atoms with Gasteiger partial charge in [-0.15, -0.1) is 11.3 Å². The third-order valence-corrected chi connectivity index (χ3v) is 6.84. The molecule has 0 bridgehead atoms. The number of rotatable bonds is 7. The first kappa shape index (κ1) is 21.3. The highest BCUT2D eigenvalue weighted by Gasteiger charge is 2.29. The molecular weight excluding hydrogens is 419 g/mol. The minimum Gasteiger partial charge on any atom is -0.351 e. The van der Waals surface area contributed by atoms with Gasteiger partial charge in [0.1, 0.15) is 5.82 Å². The second-order valence-corrected chi connectivity index (χ2v) is 10.0. The predicted octanol–water partition coefficient (Wildman–Crippen LogP) is 1.12. The van der Waals surface area contributed by atoms with Crippen LogP contribution in [-0.4, -0.2) is 67.8 Å². The number of aromatic nitrogens is 1. The molecular formula is C18H21FN4O4S2. The summed E-state index contributed by atoms with van der Waals surface area (Å²) in [7, 11) is -1.44. The maximum atomic E-state index is 13.0. The number of benzene rings is 1. The molecule has 1 fully saturated rings. The first-order valence-corrected chi connectivity index (χ1v) is 11.6. The Morgan fingerprint density at radius 1 is 1.24 bits per heavy atom. The molecule has 0 spiro atoms. The summed E-state index contributed by atoms with van der Waals surface area (Å²) in [4.78, 5) is 30.0. The van der Waals surface area contributed by atoms with Crippen LogP contribution in [0.4, 0.5) is 9.52 Å². The van der Waals surface area contributed by atoms with E-state index < -0.39 is 9.84 Å². The molecule has 2 amide bonds. The lowest BCUT2D eigenvalue weighted by molar-refractivity contribution is -0.123. The number of carbonyl (C=O) groups is 2. The summed E-state index contributed by atoms with van der Waals surface area (Å²) in [6, 6.07) is 5.53. The highest BCUT2D eigenvalue weighted by Crippen LogP contribution is 2.25. The highest BCUT2D eigenvalue weighted by molar-refractivity contribution is 7.91. The number of hydrogen-bond donors (Lipinski definition) is 2. The van der Waals surface area contributed by atoms with Gasteiger partial charge < -0.3 is 10.6 Å². The molecule has 1 aliphatic heterocycles. The lowest BCUT2D eigenvalue weighted by Gasteiger charge is -2.17. The fraction of sp³-hybridized carbons (Fsp3) is 0.389. The maximum Gasteiger partial charge on any atom is 0.240 e. The minimum absolute atomic E-state index is 0.0251. The van der Waals surface area contributed by atoms with Gasteiger partial charge >= 0.3 is 0 Å². The molecule has 0 saturated carbocycles. The lowest BCUT2D eigenvalue weighted by atomic mass is 10.2. The van der Waals surface area contributed by atoms with E-state index in [4.69, 9.17) is 0 Å². The SMILES string of the molecule is CN(CC(=O)Nc1nc(-c2ccc(F)cc2)cs1)CC(=O)NC1CCS(=O)(=O)C1. The van der Waals surface area contributed by atoms with Gasteiger partial charge in [0.2, 0.25) is 11.8 Å². The number of nitrogens with one attached hydrogen (secondary N) is 2. The maximum absolute atomic E-state index is 13.0. The van der Waals surface area contributed by atoms with Gasteiger partial charge in [-0.05, 0) is 37.7 Å². The van der Waals surface area contributed by atoms with Gasteiger partial charge in [0.05, 0.1) is 30.3 Å². The number of sulfone groups is 1. The molecule has 8 nitrogen and oxygen atoms in total. The molecule has 3 rings (SSSR count). The number of carbonyl (C=O) groups excluding carboxylic acids is 2. The summed E-state index contributed by atoms with van der Waals surface area (Å²) in [5, 5.41) is 7.52. The van der Waals surface area contributed by atoms with Crippen LogP contribution < -0.4 is 10.6 Å². The van der Waals surface area contributed by atoms with E-state index in [9.17, 15) is 22.4 Å². The second kappa shape index (κ2) is 8.97. The average molecular weight is 441 g/mol. The Labute approximate surface area is 172 Å². The Morgan fingerprint density at radius 3 is 2.59 bits per heavy atom. The first-order valence-electron chi connectivity index (χ1n) is 8.90. The number of likely N-dealkylation sites (N-methyl/N-ethyl adjacent to an activating group) is 1. The minimum atomic E-state index is -3.06. The molecule has 1 unspecified atom stereocenters. The second-order valence-electron chi connectivity index (χ2n) is 6.93. The Balaban J connectivity index is 1.45. The van der Waals surface area contributed by atoms with Gasteiger partial charge in [-0.2, -0.15) is 0 Å². The zero-order valence-electron chi connectivity index (χ0n) is 15.7. The van der Waals surface area contributed by atoms with E-state index in [1.54, 1.807) is 24.6 Å². The van der Waals surface area contributed by atoms with Crippen LogP contribution in [-0.2, 0) is 19.4 Å². The van der Waals surface area contributed by atoms with Crippen molar-refractivity contribution in [2.45, 2.75) is 12.5 Å². The van der Waals surface area contributed by atoms with Crippen LogP contribution in [0.25, 0.3) is 11.3 Å². The van der Waals surface area contributed by atoms with Crippen molar-refractivity contribution >= 4 is 38.1 Å². The third kappa shape index (κ3) is 6.31. The molecule has 1 aliphatic rings. The first-order chi connectivity index (χ1) is 13.7. The van der Waals surface area contributed by atoms with Crippen molar-refractivity contribution in [1.29, 1.82) is 0 Å². The van der Waals surface area contributed by atoms with E-state index in [1.165, 1.54) is 28.4 Å². The standard InChI is InChI=1S/C18H21FN4O4S2/c1-23(8-16(24)20-14-6-7-29(26,27)11-14)9-17(25)22-18-21-15(10-28-18)12-2-4-13(19)5-3-12/h2-5,10,14H,6-9,11H2,1H3,(H,20,24)(H,21,22,25). The van der Waals surface area contributed by atoms with Crippen LogP contribution in [0.15, 0.2) is 29.6 Å². The number of halogens is 1. The summed E-state index contributed by atoms with van der Waals surface area (Å²) in [5.41, 5.74) is 1.37. The molecule has 2 heterocycles. The van der Waals surface area contributed by atoms with Gasteiger partial charge in [-0.3, -0.25) is 14.5 Å². The van der Waals surface area contributed by atoms with Gasteiger partial charge in [0, 0.05) is 17.0 Å². The molecule has 1 atom stereocenters. The Kier molecular flexibility index (Phi) is 6.60. The largest absolute Gasteiger partial charge is 0.351 e. The lowest BCUT2D eigenvalue weighted by Crippen LogP contribution is -2.43. The monoisotopic (exact) mass is 440 g/mol. The third-order valence-electron chi connectivity index (χ3n) is 4.32. The molecule has 2 aromatic rings. The average Bonchev–Trinajstić information content (AvgIpc) is 3.21. The molecule has 29 heavy (non-hydrogen) atoms. The Hall–Kier alpha value is -2.37. The molecule has 0 radical (unpaired) electrons. The molecule has 0 aliphatic carbocycles. The highest BCUT2D eigenvalue weighted by atomic mass is 32.2. The fourth-order valence-electron chi connectivity index (χ4n) is 2.97. The molecule has 2 N–H and O–H groups in total. The zero-order valence-corrected chi connectivity index (χ0v) is 17.4. The van der Waals surface area contributed by atoms with Gasteiger partial charge in [-0.25, -0.2) is 17.8 Å². The van der Waals surface area contributed by atoms with Crippen LogP contribution in [0, 0.1) is 5.82 Å². The Morgan fingerprint density at radius 2 is 1.93 bits per heavy atom. The molecule has 11 heteroatoms. The van der Waals surface area contributed by atoms with E-state index in [0.29, 0.717) is 17.2 Å². The number of anilines is 1. The summed E-state index contributed by atoms with van der Waals surface area (Å²) in [6.07, 6.45) is 0.415. The number of thiazole rings is 1. The van der Waals surface area contributed by atoms with Crippen molar-refractivity contribution in [3.63, 3.8) is 0 Å². The fourth-order valence-corrected chi connectivity index (χ4v) is 5.38. The van der Waals surface area contributed by atoms with Gasteiger partial charge in [0.25, 0.3) is 0 Å². The number of nitrogens with zero attached hydrogens (tertiary/aromatic N) is 2. The van der Waals surface area contributed by atoms with E-state index >= 15 is 0 Å².